The summed E-state index contributed by atoms with van der Waals surface area (Å²) < 4.78 is 14.7. The van der Waals surface area contributed by atoms with Crippen LogP contribution in [0.15, 0.2) is 18.2 Å². The van der Waals surface area contributed by atoms with Crippen molar-refractivity contribution in [2.75, 3.05) is 11.9 Å². The molecule has 1 aromatic heterocycles. The van der Waals surface area contributed by atoms with E-state index in [2.05, 4.69) is 40.1 Å². The molecule has 0 amide bonds. The van der Waals surface area contributed by atoms with E-state index >= 15 is 0 Å². The first-order valence-corrected chi connectivity index (χ1v) is 8.25. The van der Waals surface area contributed by atoms with E-state index in [1.54, 1.807) is 0 Å². The van der Waals surface area contributed by atoms with Gasteiger partial charge in [-0.3, -0.25) is 0 Å². The summed E-state index contributed by atoms with van der Waals surface area (Å²) in [7, 11) is 0. The topological polar surface area (TPSA) is 47.0 Å². The van der Waals surface area contributed by atoms with Crippen molar-refractivity contribution in [3.05, 3.63) is 18.2 Å². The van der Waals surface area contributed by atoms with Crippen molar-refractivity contribution >= 4 is 31.7 Å². The third-order valence-electron chi connectivity index (χ3n) is 4.16. The number of nitrogens with one attached hydrogen (secondary N) is 1. The third-order valence-corrected chi connectivity index (χ3v) is 5.30. The summed E-state index contributed by atoms with van der Waals surface area (Å²) in [5, 5.41) is 3.63. The molecule has 0 aliphatic heterocycles. The van der Waals surface area contributed by atoms with Crippen LogP contribution in [0.2, 0.25) is 0 Å². The predicted molar refractivity (Wildman–Crippen MR) is 77.7 cm³/mol. The van der Waals surface area contributed by atoms with E-state index in [1.165, 1.54) is 0 Å². The van der Waals surface area contributed by atoms with Gasteiger partial charge in [0, 0.05) is 0 Å². The first kappa shape index (κ1) is 13.1. The van der Waals surface area contributed by atoms with E-state index in [0.29, 0.717) is 12.1 Å². The Balaban J connectivity index is 1.78. The summed E-state index contributed by atoms with van der Waals surface area (Å²) in [6.07, 6.45) is 1.42. The standard InChI is InChI=1S/C14H19N3OSe/c1-4-18-12-8-11(14(12,2)3)15-9-6-5-7-10-13(9)17-19-16-10/h5-7,11-12,15H,4,8H2,1-3H3. The number of ether oxygens (including phenoxy) is 1. The van der Waals surface area contributed by atoms with E-state index in [0.717, 1.165) is 29.7 Å². The van der Waals surface area contributed by atoms with Crippen molar-refractivity contribution in [1.29, 1.82) is 0 Å². The van der Waals surface area contributed by atoms with Crippen LogP contribution in [0.5, 0.6) is 0 Å². The van der Waals surface area contributed by atoms with Crippen LogP contribution in [0.25, 0.3) is 11.0 Å². The van der Waals surface area contributed by atoms with Crippen molar-refractivity contribution in [3.8, 4) is 0 Å². The van der Waals surface area contributed by atoms with E-state index in [4.69, 9.17) is 4.74 Å². The molecule has 2 aromatic rings. The van der Waals surface area contributed by atoms with Crippen LogP contribution in [-0.4, -0.2) is 41.7 Å². The molecule has 2 unspecified atom stereocenters. The fourth-order valence-electron chi connectivity index (χ4n) is 2.72. The average molecular weight is 324 g/mol. The second kappa shape index (κ2) is 4.89. The van der Waals surface area contributed by atoms with Crippen LogP contribution in [0.3, 0.4) is 0 Å². The Morgan fingerprint density at radius 1 is 1.42 bits per heavy atom. The molecule has 4 nitrogen and oxygen atoms in total. The van der Waals surface area contributed by atoms with Crippen molar-refractivity contribution in [1.82, 2.24) is 7.96 Å². The number of rotatable bonds is 4. The third kappa shape index (κ3) is 2.20. The van der Waals surface area contributed by atoms with Crippen LogP contribution in [0.1, 0.15) is 27.2 Å². The second-order valence-electron chi connectivity index (χ2n) is 5.64. The van der Waals surface area contributed by atoms with E-state index in [1.807, 2.05) is 12.1 Å². The Morgan fingerprint density at radius 3 is 3.00 bits per heavy atom. The van der Waals surface area contributed by atoms with E-state index in [-0.39, 0.29) is 20.4 Å². The monoisotopic (exact) mass is 325 g/mol. The van der Waals surface area contributed by atoms with Gasteiger partial charge in [0.25, 0.3) is 0 Å². The van der Waals surface area contributed by atoms with Crippen molar-refractivity contribution in [2.24, 2.45) is 5.41 Å². The first-order valence-electron chi connectivity index (χ1n) is 6.72. The van der Waals surface area contributed by atoms with Crippen LogP contribution in [-0.2, 0) is 4.74 Å². The summed E-state index contributed by atoms with van der Waals surface area (Å²) in [6, 6.07) is 6.63. The van der Waals surface area contributed by atoms with Crippen molar-refractivity contribution in [2.45, 2.75) is 39.3 Å². The molecule has 1 aromatic carbocycles. The first-order chi connectivity index (χ1) is 9.13. The summed E-state index contributed by atoms with van der Waals surface area (Å²) in [5.74, 6) is 0. The van der Waals surface area contributed by atoms with Crippen molar-refractivity contribution < 1.29 is 4.74 Å². The van der Waals surface area contributed by atoms with Gasteiger partial charge in [-0.15, -0.1) is 0 Å². The molecule has 1 aliphatic carbocycles. The molecule has 2 atom stereocenters. The molecule has 1 saturated carbocycles. The number of benzene rings is 1. The molecular formula is C14H19N3OSe. The van der Waals surface area contributed by atoms with E-state index < -0.39 is 0 Å². The van der Waals surface area contributed by atoms with Gasteiger partial charge < -0.3 is 0 Å². The average Bonchev–Trinajstić information content (AvgIpc) is 2.86. The predicted octanol–water partition coefficient (Wildman–Crippen LogP) is 2.30. The maximum absolute atomic E-state index is 5.77. The van der Waals surface area contributed by atoms with Crippen LogP contribution < -0.4 is 5.32 Å². The molecule has 0 spiro atoms. The van der Waals surface area contributed by atoms with Crippen molar-refractivity contribution in [3.63, 3.8) is 0 Å². The van der Waals surface area contributed by atoms with Crippen LogP contribution >= 0.6 is 0 Å². The fraction of sp³-hybridized carbons (Fsp3) is 0.571. The fourth-order valence-corrected chi connectivity index (χ4v) is 3.88. The summed E-state index contributed by atoms with van der Waals surface area (Å²) in [5.41, 5.74) is 3.36. The zero-order valence-corrected chi connectivity index (χ0v) is 13.2. The van der Waals surface area contributed by atoms with Gasteiger partial charge in [-0.1, -0.05) is 0 Å². The Bertz CT molecular complexity index is 581. The molecule has 0 bridgehead atoms. The number of anilines is 1. The molecular weight excluding hydrogens is 305 g/mol. The molecule has 3 rings (SSSR count). The quantitative estimate of drug-likeness (QED) is 0.877. The molecule has 5 heteroatoms. The molecule has 1 N–H and O–H groups in total. The molecule has 0 saturated heterocycles. The Hall–Kier alpha value is -0.901. The minimum absolute atomic E-state index is 0.0309. The Morgan fingerprint density at radius 2 is 2.26 bits per heavy atom. The van der Waals surface area contributed by atoms with Gasteiger partial charge in [-0.05, 0) is 0 Å². The number of hydrogen-bond acceptors (Lipinski definition) is 4. The summed E-state index contributed by atoms with van der Waals surface area (Å²) in [6.45, 7) is 7.38. The van der Waals surface area contributed by atoms with Gasteiger partial charge in [-0.2, -0.15) is 0 Å². The molecule has 0 radical (unpaired) electrons. The van der Waals surface area contributed by atoms with Gasteiger partial charge in [0.15, 0.2) is 0 Å². The van der Waals surface area contributed by atoms with Gasteiger partial charge in [-0.25, -0.2) is 0 Å². The maximum atomic E-state index is 5.77. The van der Waals surface area contributed by atoms with Gasteiger partial charge >= 0.3 is 119 Å². The van der Waals surface area contributed by atoms with Crippen LogP contribution in [0, 0.1) is 5.41 Å². The Kier molecular flexibility index (Phi) is 3.37. The van der Waals surface area contributed by atoms with Crippen LogP contribution in [0.4, 0.5) is 5.69 Å². The number of fused-ring (bicyclic) bond motifs is 1. The second-order valence-corrected chi connectivity index (χ2v) is 6.74. The normalized spacial score (nSPS) is 25.2. The molecule has 102 valence electrons. The van der Waals surface area contributed by atoms with Gasteiger partial charge in [0.2, 0.25) is 0 Å². The number of nitrogens with zero attached hydrogens (tertiary/aromatic N) is 2. The zero-order valence-electron chi connectivity index (χ0n) is 11.5. The zero-order chi connectivity index (χ0) is 13.5. The summed E-state index contributed by atoms with van der Waals surface area (Å²) in [4.78, 5) is 0. The van der Waals surface area contributed by atoms with Gasteiger partial charge in [0.1, 0.15) is 0 Å². The van der Waals surface area contributed by atoms with E-state index in [9.17, 15) is 0 Å². The molecule has 1 aliphatic rings. The molecule has 1 fully saturated rings. The molecule has 19 heavy (non-hydrogen) atoms. The minimum atomic E-state index is 0.0309. The summed E-state index contributed by atoms with van der Waals surface area (Å²) >= 11 is 0.0309. The number of hydrogen-bond donors (Lipinski definition) is 1. The SMILES string of the molecule is CCOC1CC(Nc2cccc3n[se]nc23)C1(C)C. The van der Waals surface area contributed by atoms with Gasteiger partial charge in [0.05, 0.1) is 0 Å². The molecule has 1 heterocycles. The Labute approximate surface area is 119 Å². The number of aromatic nitrogens is 2.